The second-order valence-electron chi connectivity index (χ2n) is 6.48. The van der Waals surface area contributed by atoms with Crippen LogP contribution in [-0.4, -0.2) is 6.04 Å². The molecule has 2 aromatic rings. The van der Waals surface area contributed by atoms with Crippen molar-refractivity contribution in [1.29, 1.82) is 0 Å². The summed E-state index contributed by atoms with van der Waals surface area (Å²) in [6.07, 6.45) is 4.72. The molecule has 0 amide bonds. The molecule has 2 aromatic carbocycles. The Kier molecular flexibility index (Phi) is 4.40. The topological polar surface area (TPSA) is 26.0 Å². The second kappa shape index (κ2) is 6.44. The van der Waals surface area contributed by atoms with Gasteiger partial charge >= 0.3 is 0 Å². The lowest BCUT2D eigenvalue weighted by Gasteiger charge is -2.35. The van der Waals surface area contributed by atoms with Crippen molar-refractivity contribution in [1.82, 2.24) is 0 Å². The number of rotatable bonds is 3. The fourth-order valence-electron chi connectivity index (χ4n) is 3.67. The van der Waals surface area contributed by atoms with Gasteiger partial charge in [-0.3, -0.25) is 0 Å². The summed E-state index contributed by atoms with van der Waals surface area (Å²) in [6.45, 7) is 2.21. The lowest BCUT2D eigenvalue weighted by molar-refractivity contribution is 0.277. The van der Waals surface area contributed by atoms with E-state index in [9.17, 15) is 0 Å². The van der Waals surface area contributed by atoms with E-state index in [0.29, 0.717) is 17.9 Å². The highest BCUT2D eigenvalue weighted by atomic mass is 14.7. The van der Waals surface area contributed by atoms with Gasteiger partial charge in [0.15, 0.2) is 0 Å². The van der Waals surface area contributed by atoms with Crippen molar-refractivity contribution >= 4 is 0 Å². The zero-order valence-corrected chi connectivity index (χ0v) is 12.8. The van der Waals surface area contributed by atoms with E-state index in [1.807, 2.05) is 0 Å². The van der Waals surface area contributed by atoms with E-state index in [1.54, 1.807) is 0 Å². The van der Waals surface area contributed by atoms with Gasteiger partial charge in [0.2, 0.25) is 0 Å². The fourth-order valence-corrected chi connectivity index (χ4v) is 3.67. The van der Waals surface area contributed by atoms with Crippen molar-refractivity contribution in [3.63, 3.8) is 0 Å². The molecule has 0 aromatic heterocycles. The van der Waals surface area contributed by atoms with Gasteiger partial charge < -0.3 is 5.73 Å². The second-order valence-corrected chi connectivity index (χ2v) is 6.48. The predicted molar refractivity (Wildman–Crippen MR) is 89.4 cm³/mol. The van der Waals surface area contributed by atoms with E-state index in [0.717, 1.165) is 12.8 Å². The molecule has 0 radical (unpaired) electrons. The number of aryl methyl sites for hydroxylation is 1. The highest BCUT2D eigenvalue weighted by molar-refractivity contribution is 5.27. The molecule has 21 heavy (non-hydrogen) atoms. The van der Waals surface area contributed by atoms with Gasteiger partial charge in [0, 0.05) is 6.04 Å². The summed E-state index contributed by atoms with van der Waals surface area (Å²) in [5.74, 6) is 1.28. The fraction of sp³-hybridized carbons (Fsp3) is 0.400. The lowest BCUT2D eigenvalue weighted by atomic mass is 9.73. The summed E-state index contributed by atoms with van der Waals surface area (Å²) in [6, 6.07) is 20.0. The number of hydrogen-bond acceptors (Lipinski definition) is 1. The molecule has 1 nitrogen and oxygen atoms in total. The molecule has 1 fully saturated rings. The third kappa shape index (κ3) is 3.36. The Bertz CT molecular complexity index is 575. The van der Waals surface area contributed by atoms with Crippen LogP contribution < -0.4 is 5.73 Å². The Labute approximate surface area is 128 Å². The zero-order valence-electron chi connectivity index (χ0n) is 12.8. The Morgan fingerprint density at radius 3 is 2.43 bits per heavy atom. The van der Waals surface area contributed by atoms with Gasteiger partial charge in [0.25, 0.3) is 0 Å². The van der Waals surface area contributed by atoms with E-state index >= 15 is 0 Å². The van der Waals surface area contributed by atoms with Crippen molar-refractivity contribution < 1.29 is 0 Å². The largest absolute Gasteiger partial charge is 0.327 e. The molecule has 0 heterocycles. The molecule has 0 saturated heterocycles. The van der Waals surface area contributed by atoms with Gasteiger partial charge in [-0.25, -0.2) is 0 Å². The van der Waals surface area contributed by atoms with Crippen LogP contribution in [0.3, 0.4) is 0 Å². The third-order valence-electron chi connectivity index (χ3n) is 5.06. The highest BCUT2D eigenvalue weighted by Gasteiger charge is 2.29. The molecule has 1 heteroatoms. The van der Waals surface area contributed by atoms with E-state index in [2.05, 4.69) is 61.5 Å². The third-order valence-corrected chi connectivity index (χ3v) is 5.06. The van der Waals surface area contributed by atoms with E-state index in [4.69, 9.17) is 5.73 Å². The lowest BCUT2D eigenvalue weighted by Crippen LogP contribution is -2.36. The molecule has 110 valence electrons. The smallest absolute Gasteiger partial charge is 0.00707 e. The minimum absolute atomic E-state index is 0.351. The van der Waals surface area contributed by atoms with Crippen molar-refractivity contribution in [2.75, 3.05) is 0 Å². The minimum atomic E-state index is 0.351. The molecule has 1 aliphatic carbocycles. The highest BCUT2D eigenvalue weighted by Crippen LogP contribution is 2.37. The molecular formula is C20H25N. The van der Waals surface area contributed by atoms with Crippen LogP contribution in [0.1, 0.15) is 41.9 Å². The molecule has 3 rings (SSSR count). The maximum atomic E-state index is 6.42. The Morgan fingerprint density at radius 2 is 1.67 bits per heavy atom. The predicted octanol–water partition coefficient (Wildman–Crippen LogP) is 4.45. The maximum absolute atomic E-state index is 6.42. The molecule has 3 atom stereocenters. The Hall–Kier alpha value is -1.60. The van der Waals surface area contributed by atoms with Crippen LogP contribution >= 0.6 is 0 Å². The molecule has 2 N–H and O–H groups in total. The standard InChI is InChI=1S/C20H25N/c1-15-7-5-6-10-17(15)13-19-14-18(11-12-20(19)21)16-8-3-2-4-9-16/h2-10,18-20H,11-14,21H2,1H3. The summed E-state index contributed by atoms with van der Waals surface area (Å²) in [5, 5.41) is 0. The first kappa shape index (κ1) is 14.3. The molecule has 1 aliphatic rings. The summed E-state index contributed by atoms with van der Waals surface area (Å²) in [5.41, 5.74) is 10.8. The first-order valence-electron chi connectivity index (χ1n) is 8.09. The van der Waals surface area contributed by atoms with Gasteiger partial charge in [-0.2, -0.15) is 0 Å². The molecule has 1 saturated carbocycles. The molecule has 0 bridgehead atoms. The van der Waals surface area contributed by atoms with Crippen LogP contribution in [0.15, 0.2) is 54.6 Å². The minimum Gasteiger partial charge on any atom is -0.327 e. The number of benzene rings is 2. The van der Waals surface area contributed by atoms with Crippen molar-refractivity contribution in [3.8, 4) is 0 Å². The molecular weight excluding hydrogens is 254 g/mol. The summed E-state index contributed by atoms with van der Waals surface area (Å²) in [4.78, 5) is 0. The summed E-state index contributed by atoms with van der Waals surface area (Å²) < 4.78 is 0. The average Bonchev–Trinajstić information content (AvgIpc) is 2.52. The zero-order chi connectivity index (χ0) is 14.7. The SMILES string of the molecule is Cc1ccccc1CC1CC(c2ccccc2)CCC1N. The van der Waals surface area contributed by atoms with Gasteiger partial charge in [-0.05, 0) is 61.1 Å². The summed E-state index contributed by atoms with van der Waals surface area (Å²) in [7, 11) is 0. The number of nitrogens with two attached hydrogens (primary N) is 1. The van der Waals surface area contributed by atoms with Crippen molar-refractivity contribution in [2.24, 2.45) is 11.7 Å². The number of hydrogen-bond donors (Lipinski definition) is 1. The van der Waals surface area contributed by atoms with Crippen molar-refractivity contribution in [2.45, 2.75) is 44.6 Å². The van der Waals surface area contributed by atoms with Crippen LogP contribution in [-0.2, 0) is 6.42 Å². The van der Waals surface area contributed by atoms with Gasteiger partial charge in [-0.15, -0.1) is 0 Å². The van der Waals surface area contributed by atoms with E-state index in [-0.39, 0.29) is 0 Å². The summed E-state index contributed by atoms with van der Waals surface area (Å²) >= 11 is 0. The quantitative estimate of drug-likeness (QED) is 0.882. The van der Waals surface area contributed by atoms with Gasteiger partial charge in [0.05, 0.1) is 0 Å². The van der Waals surface area contributed by atoms with Crippen molar-refractivity contribution in [3.05, 3.63) is 71.3 Å². The average molecular weight is 279 g/mol. The first-order valence-corrected chi connectivity index (χ1v) is 8.09. The van der Waals surface area contributed by atoms with Crippen LogP contribution in [0.2, 0.25) is 0 Å². The maximum Gasteiger partial charge on any atom is 0.00707 e. The van der Waals surface area contributed by atoms with Crippen LogP contribution in [0.25, 0.3) is 0 Å². The van der Waals surface area contributed by atoms with Crippen LogP contribution in [0, 0.1) is 12.8 Å². The van der Waals surface area contributed by atoms with Crippen LogP contribution in [0.4, 0.5) is 0 Å². The monoisotopic (exact) mass is 279 g/mol. The van der Waals surface area contributed by atoms with E-state index < -0.39 is 0 Å². The Morgan fingerprint density at radius 1 is 0.952 bits per heavy atom. The molecule has 0 spiro atoms. The van der Waals surface area contributed by atoms with Gasteiger partial charge in [-0.1, -0.05) is 54.6 Å². The van der Waals surface area contributed by atoms with Crippen LogP contribution in [0.5, 0.6) is 0 Å². The first-order chi connectivity index (χ1) is 10.2. The van der Waals surface area contributed by atoms with E-state index in [1.165, 1.54) is 29.5 Å². The Balaban J connectivity index is 1.74. The van der Waals surface area contributed by atoms with Gasteiger partial charge in [0.1, 0.15) is 0 Å². The normalized spacial score (nSPS) is 25.7. The molecule has 3 unspecified atom stereocenters. The molecule has 0 aliphatic heterocycles.